The van der Waals surface area contributed by atoms with Crippen molar-refractivity contribution in [2.45, 2.75) is 51.1 Å². The van der Waals surface area contributed by atoms with Crippen LogP contribution in [0.1, 0.15) is 31.4 Å². The van der Waals surface area contributed by atoms with Gasteiger partial charge in [-0.25, -0.2) is 14.4 Å². The molecule has 32 heavy (non-hydrogen) atoms. The number of nitrogens with one attached hydrogen (secondary N) is 2. The van der Waals surface area contributed by atoms with E-state index in [4.69, 9.17) is 0 Å². The lowest BCUT2D eigenvalue weighted by Gasteiger charge is -2.29. The van der Waals surface area contributed by atoms with Gasteiger partial charge in [-0.05, 0) is 38.7 Å². The highest BCUT2D eigenvalue weighted by Gasteiger charge is 2.35. The molecule has 0 amide bonds. The van der Waals surface area contributed by atoms with Crippen LogP contribution in [0.25, 0.3) is 27.8 Å². The van der Waals surface area contributed by atoms with Gasteiger partial charge < -0.3 is 14.7 Å². The van der Waals surface area contributed by atoms with Crippen LogP contribution in [0.5, 0.6) is 0 Å². The van der Waals surface area contributed by atoms with E-state index in [9.17, 15) is 17.6 Å². The number of hydrogen-bond donors (Lipinski definition) is 2. The molecule has 4 aromatic heterocycles. The van der Waals surface area contributed by atoms with Crippen molar-refractivity contribution in [3.63, 3.8) is 0 Å². The molecular formula is C21H20F4N6O. The van der Waals surface area contributed by atoms with Gasteiger partial charge in [0.2, 0.25) is 5.95 Å². The van der Waals surface area contributed by atoms with Gasteiger partial charge in [-0.1, -0.05) is 0 Å². The lowest BCUT2D eigenvalue weighted by molar-refractivity contribution is -0.345. The Morgan fingerprint density at radius 2 is 1.94 bits per heavy atom. The first-order valence-electron chi connectivity index (χ1n) is 10.3. The smallest absolute Gasteiger partial charge is 0.351 e. The maximum absolute atomic E-state index is 14.5. The van der Waals surface area contributed by atoms with Crippen LogP contribution in [0.15, 0.2) is 30.9 Å². The Bertz CT molecular complexity index is 1270. The minimum atomic E-state index is -4.60. The highest BCUT2D eigenvalue weighted by Crippen LogP contribution is 2.31. The summed E-state index contributed by atoms with van der Waals surface area (Å²) < 4.78 is 57.4. The van der Waals surface area contributed by atoms with Crippen LogP contribution in [-0.4, -0.2) is 42.8 Å². The van der Waals surface area contributed by atoms with Crippen molar-refractivity contribution in [1.82, 2.24) is 24.3 Å². The second kappa shape index (κ2) is 7.73. The normalized spacial score (nSPS) is 19.7. The molecule has 0 bridgehead atoms. The molecule has 5 rings (SSSR count). The number of imidazole rings is 1. The average molecular weight is 448 g/mol. The van der Waals surface area contributed by atoms with E-state index in [2.05, 4.69) is 30.0 Å². The van der Waals surface area contributed by atoms with Gasteiger partial charge in [-0.3, -0.25) is 4.74 Å². The number of aromatic amines is 1. The number of ether oxygens (including phenoxy) is 1. The number of alkyl halides is 3. The zero-order valence-corrected chi connectivity index (χ0v) is 17.1. The van der Waals surface area contributed by atoms with Crippen molar-refractivity contribution < 1.29 is 22.3 Å². The molecule has 2 N–H and O–H groups in total. The van der Waals surface area contributed by atoms with E-state index < -0.39 is 18.3 Å². The second-order valence-electron chi connectivity index (χ2n) is 8.03. The second-order valence-corrected chi connectivity index (χ2v) is 8.03. The summed E-state index contributed by atoms with van der Waals surface area (Å²) in [6.45, 7) is 1.80. The van der Waals surface area contributed by atoms with Crippen LogP contribution in [-0.2, 0) is 4.74 Å². The number of H-pyrrole nitrogens is 1. The van der Waals surface area contributed by atoms with Gasteiger partial charge in [0.05, 0.1) is 11.8 Å². The van der Waals surface area contributed by atoms with E-state index in [0.29, 0.717) is 42.8 Å². The quantitative estimate of drug-likeness (QED) is 0.431. The van der Waals surface area contributed by atoms with Crippen LogP contribution >= 0.6 is 0 Å². The van der Waals surface area contributed by atoms with Crippen molar-refractivity contribution >= 4 is 22.6 Å². The zero-order valence-electron chi connectivity index (χ0n) is 17.1. The van der Waals surface area contributed by atoms with E-state index in [1.165, 1.54) is 6.07 Å². The Kier molecular flexibility index (Phi) is 5.00. The summed E-state index contributed by atoms with van der Waals surface area (Å²) in [4.78, 5) is 16.1. The van der Waals surface area contributed by atoms with Gasteiger partial charge in [0.25, 0.3) is 0 Å². The van der Waals surface area contributed by atoms with Crippen LogP contribution in [0.3, 0.4) is 0 Å². The SMILES string of the molecule is Cc1cn2cc(-c3c[nH]c4nc(NC5CCC(OC(F)(F)F)CC5)ncc34)cc(F)c2n1. The van der Waals surface area contributed by atoms with Crippen molar-refractivity contribution in [2.24, 2.45) is 0 Å². The Morgan fingerprint density at radius 3 is 2.69 bits per heavy atom. The molecule has 4 aromatic rings. The molecule has 11 heteroatoms. The van der Waals surface area contributed by atoms with Crippen molar-refractivity contribution in [2.75, 3.05) is 5.32 Å². The minimum absolute atomic E-state index is 0.0315. The predicted molar refractivity (Wildman–Crippen MR) is 110 cm³/mol. The minimum Gasteiger partial charge on any atom is -0.351 e. The zero-order chi connectivity index (χ0) is 22.5. The van der Waals surface area contributed by atoms with Crippen molar-refractivity contribution in [3.05, 3.63) is 42.4 Å². The third kappa shape index (κ3) is 4.12. The van der Waals surface area contributed by atoms with E-state index in [1.54, 1.807) is 36.1 Å². The van der Waals surface area contributed by atoms with Gasteiger partial charge in [-0.2, -0.15) is 4.98 Å². The molecular weight excluding hydrogens is 428 g/mol. The van der Waals surface area contributed by atoms with E-state index in [0.717, 1.165) is 16.6 Å². The van der Waals surface area contributed by atoms with Crippen molar-refractivity contribution in [3.8, 4) is 11.1 Å². The van der Waals surface area contributed by atoms with Crippen LogP contribution in [0.4, 0.5) is 23.5 Å². The number of nitrogens with zero attached hydrogens (tertiary/aromatic N) is 4. The fraction of sp³-hybridized carbons (Fsp3) is 0.381. The Labute approximate surface area is 179 Å². The summed E-state index contributed by atoms with van der Waals surface area (Å²) in [6, 6.07) is 1.40. The Balaban J connectivity index is 1.33. The molecule has 0 spiro atoms. The van der Waals surface area contributed by atoms with Gasteiger partial charge in [0.1, 0.15) is 5.65 Å². The molecule has 0 aliphatic heterocycles. The van der Waals surface area contributed by atoms with E-state index in [1.807, 2.05) is 0 Å². The molecule has 0 atom stereocenters. The molecule has 0 aromatic carbocycles. The first-order chi connectivity index (χ1) is 15.2. The summed E-state index contributed by atoms with van der Waals surface area (Å²) in [5.74, 6) is -0.0350. The molecule has 7 nitrogen and oxygen atoms in total. The third-order valence-electron chi connectivity index (χ3n) is 5.68. The topological polar surface area (TPSA) is 80.1 Å². The highest BCUT2D eigenvalue weighted by molar-refractivity contribution is 5.93. The molecule has 0 radical (unpaired) electrons. The first-order valence-corrected chi connectivity index (χ1v) is 10.3. The fourth-order valence-electron chi connectivity index (χ4n) is 4.24. The number of rotatable bonds is 4. The van der Waals surface area contributed by atoms with Gasteiger partial charge in [-0.15, -0.1) is 13.2 Å². The molecule has 0 saturated heterocycles. The number of hydrogen-bond acceptors (Lipinski definition) is 5. The molecule has 4 heterocycles. The Morgan fingerprint density at radius 1 is 1.16 bits per heavy atom. The fourth-order valence-corrected chi connectivity index (χ4v) is 4.24. The predicted octanol–water partition coefficient (Wildman–Crippen LogP) is 4.98. The molecule has 168 valence electrons. The highest BCUT2D eigenvalue weighted by atomic mass is 19.4. The molecule has 1 aliphatic carbocycles. The number of aromatic nitrogens is 5. The molecule has 0 unspecified atom stereocenters. The number of halogens is 4. The summed E-state index contributed by atoms with van der Waals surface area (Å²) in [7, 11) is 0. The van der Waals surface area contributed by atoms with Crippen LogP contribution in [0, 0.1) is 12.7 Å². The van der Waals surface area contributed by atoms with Crippen LogP contribution < -0.4 is 5.32 Å². The Hall–Kier alpha value is -3.21. The average Bonchev–Trinajstić information content (AvgIpc) is 3.31. The van der Waals surface area contributed by atoms with Crippen LogP contribution in [0.2, 0.25) is 0 Å². The third-order valence-corrected chi connectivity index (χ3v) is 5.68. The maximum atomic E-state index is 14.5. The molecule has 1 saturated carbocycles. The number of aryl methyl sites for hydroxylation is 1. The monoisotopic (exact) mass is 448 g/mol. The summed E-state index contributed by atoms with van der Waals surface area (Å²) in [5.41, 5.74) is 2.98. The van der Waals surface area contributed by atoms with E-state index >= 15 is 0 Å². The maximum Gasteiger partial charge on any atom is 0.522 e. The first kappa shape index (κ1) is 20.7. The summed E-state index contributed by atoms with van der Waals surface area (Å²) in [5, 5.41) is 3.92. The molecule has 1 aliphatic rings. The number of fused-ring (bicyclic) bond motifs is 2. The summed E-state index contributed by atoms with van der Waals surface area (Å²) in [6.07, 6.45) is 3.22. The molecule has 1 fully saturated rings. The lowest BCUT2D eigenvalue weighted by atomic mass is 9.93. The van der Waals surface area contributed by atoms with E-state index in [-0.39, 0.29) is 11.7 Å². The van der Waals surface area contributed by atoms with Crippen molar-refractivity contribution in [1.29, 1.82) is 0 Å². The lowest BCUT2D eigenvalue weighted by Crippen LogP contribution is -2.33. The van der Waals surface area contributed by atoms with Gasteiger partial charge in [0, 0.05) is 47.3 Å². The standard InChI is InChI=1S/C21H20F4N6O/c1-11-9-31-10-12(6-17(22)19(31)28-11)15-7-26-18-16(15)8-27-20(30-18)29-13-2-4-14(5-3-13)32-21(23,24)25/h6-10,13-14H,2-5H2,1H3,(H2,26,27,29,30). The number of pyridine rings is 1. The largest absolute Gasteiger partial charge is 0.522 e. The summed E-state index contributed by atoms with van der Waals surface area (Å²) >= 11 is 0. The number of anilines is 1. The van der Waals surface area contributed by atoms with Gasteiger partial charge >= 0.3 is 6.36 Å². The van der Waals surface area contributed by atoms with Gasteiger partial charge in [0.15, 0.2) is 11.5 Å².